The maximum Gasteiger partial charge on any atom is 0.137 e. The van der Waals surface area contributed by atoms with Gasteiger partial charge in [0.2, 0.25) is 0 Å². The number of aromatic nitrogens is 2. The van der Waals surface area contributed by atoms with Gasteiger partial charge in [0.05, 0.1) is 0 Å². The summed E-state index contributed by atoms with van der Waals surface area (Å²) in [6.07, 6.45) is 5.74. The fourth-order valence-corrected chi connectivity index (χ4v) is 3.12. The van der Waals surface area contributed by atoms with Gasteiger partial charge in [0.15, 0.2) is 0 Å². The molecule has 0 atom stereocenters. The summed E-state index contributed by atoms with van der Waals surface area (Å²) in [6.45, 7) is 5.14. The predicted octanol–water partition coefficient (Wildman–Crippen LogP) is 2.24. The highest BCUT2D eigenvalue weighted by atomic mass is 15.3. The number of hydrogen-bond donors (Lipinski definition) is 1. The molecule has 5 heteroatoms. The number of nitrogens with zero attached hydrogens (tertiary/aromatic N) is 4. The second-order valence-corrected chi connectivity index (χ2v) is 6.55. The van der Waals surface area contributed by atoms with Crippen LogP contribution >= 0.6 is 0 Å². The standard InChI is InChI=1S/C16H29N5/c1-6-8-13-18-14(17)12(2)15(19-13)21(5)11-16(20(3)4)9-7-10-16/h6-11H2,1-5H3,(H2,17,18,19). The molecule has 2 N–H and O–H groups in total. The Labute approximate surface area is 128 Å². The van der Waals surface area contributed by atoms with Crippen LogP contribution in [-0.4, -0.2) is 48.1 Å². The van der Waals surface area contributed by atoms with Crippen molar-refractivity contribution >= 4 is 11.6 Å². The van der Waals surface area contributed by atoms with Crippen LogP contribution in [0.25, 0.3) is 0 Å². The number of hydrogen-bond acceptors (Lipinski definition) is 5. The van der Waals surface area contributed by atoms with Crippen LogP contribution in [0.5, 0.6) is 0 Å². The monoisotopic (exact) mass is 291 g/mol. The van der Waals surface area contributed by atoms with Crippen LogP contribution in [0.2, 0.25) is 0 Å². The van der Waals surface area contributed by atoms with Gasteiger partial charge in [0.25, 0.3) is 0 Å². The van der Waals surface area contributed by atoms with E-state index in [9.17, 15) is 0 Å². The Morgan fingerprint density at radius 1 is 1.19 bits per heavy atom. The largest absolute Gasteiger partial charge is 0.383 e. The highest BCUT2D eigenvalue weighted by molar-refractivity contribution is 5.56. The van der Waals surface area contributed by atoms with Crippen LogP contribution in [-0.2, 0) is 6.42 Å². The zero-order chi connectivity index (χ0) is 15.6. The molecule has 1 fully saturated rings. The minimum atomic E-state index is 0.284. The van der Waals surface area contributed by atoms with E-state index in [1.165, 1.54) is 19.3 Å². The van der Waals surface area contributed by atoms with Crippen molar-refractivity contribution in [1.82, 2.24) is 14.9 Å². The van der Waals surface area contributed by atoms with Gasteiger partial charge in [-0.2, -0.15) is 0 Å². The van der Waals surface area contributed by atoms with Crippen LogP contribution in [0, 0.1) is 6.92 Å². The van der Waals surface area contributed by atoms with Crippen LogP contribution < -0.4 is 10.6 Å². The molecule has 1 saturated carbocycles. The molecule has 118 valence electrons. The lowest BCUT2D eigenvalue weighted by molar-refractivity contribution is 0.0681. The number of nitrogens with two attached hydrogens (primary N) is 1. The van der Waals surface area contributed by atoms with Gasteiger partial charge in [-0.25, -0.2) is 9.97 Å². The van der Waals surface area contributed by atoms with Gasteiger partial charge in [-0.15, -0.1) is 0 Å². The molecular weight excluding hydrogens is 262 g/mol. The van der Waals surface area contributed by atoms with E-state index >= 15 is 0 Å². The molecular formula is C16H29N5. The molecule has 0 bridgehead atoms. The van der Waals surface area contributed by atoms with Gasteiger partial charge in [0.1, 0.15) is 17.5 Å². The third-order valence-electron chi connectivity index (χ3n) is 4.80. The second kappa shape index (κ2) is 6.18. The van der Waals surface area contributed by atoms with E-state index < -0.39 is 0 Å². The average molecular weight is 291 g/mol. The molecule has 0 amide bonds. The average Bonchev–Trinajstić information content (AvgIpc) is 2.37. The lowest BCUT2D eigenvalue weighted by Crippen LogP contribution is -2.57. The van der Waals surface area contributed by atoms with Crippen molar-refractivity contribution in [2.45, 2.75) is 51.5 Å². The Bertz CT molecular complexity index is 494. The Balaban J connectivity index is 2.24. The molecule has 0 spiro atoms. The molecule has 0 aromatic carbocycles. The van der Waals surface area contributed by atoms with Crippen LogP contribution in [0.4, 0.5) is 11.6 Å². The fraction of sp³-hybridized carbons (Fsp3) is 0.750. The summed E-state index contributed by atoms with van der Waals surface area (Å²) in [5.74, 6) is 2.46. The first-order valence-electron chi connectivity index (χ1n) is 7.91. The molecule has 1 aromatic heterocycles. The SMILES string of the molecule is CCCc1nc(N)c(C)c(N(C)CC2(N(C)C)CCC2)n1. The predicted molar refractivity (Wildman–Crippen MR) is 88.7 cm³/mol. The first-order chi connectivity index (χ1) is 9.89. The molecule has 0 unspecified atom stereocenters. The van der Waals surface area contributed by atoms with E-state index in [4.69, 9.17) is 10.7 Å². The van der Waals surface area contributed by atoms with Crippen molar-refractivity contribution in [3.8, 4) is 0 Å². The van der Waals surface area contributed by atoms with E-state index in [-0.39, 0.29) is 5.54 Å². The number of rotatable bonds is 6. The molecule has 0 saturated heterocycles. The summed E-state index contributed by atoms with van der Waals surface area (Å²) in [6, 6.07) is 0. The Morgan fingerprint density at radius 3 is 2.33 bits per heavy atom. The van der Waals surface area contributed by atoms with Crippen molar-refractivity contribution in [3.05, 3.63) is 11.4 Å². The highest BCUT2D eigenvalue weighted by Gasteiger charge is 2.40. The lowest BCUT2D eigenvalue weighted by Gasteiger charge is -2.49. The molecule has 2 rings (SSSR count). The maximum absolute atomic E-state index is 6.07. The summed E-state index contributed by atoms with van der Waals surface area (Å²) in [4.78, 5) is 13.8. The van der Waals surface area contributed by atoms with E-state index in [2.05, 4.69) is 42.9 Å². The molecule has 1 aromatic rings. The van der Waals surface area contributed by atoms with Gasteiger partial charge >= 0.3 is 0 Å². The summed E-state index contributed by atoms with van der Waals surface area (Å²) in [5, 5.41) is 0. The van der Waals surface area contributed by atoms with Crippen molar-refractivity contribution in [2.75, 3.05) is 38.3 Å². The number of anilines is 2. The number of aryl methyl sites for hydroxylation is 1. The van der Waals surface area contributed by atoms with Gasteiger partial charge in [-0.05, 0) is 46.7 Å². The van der Waals surface area contributed by atoms with Crippen LogP contribution in [0.15, 0.2) is 0 Å². The van der Waals surface area contributed by atoms with Crippen molar-refractivity contribution < 1.29 is 0 Å². The molecule has 1 aliphatic carbocycles. The number of nitrogen functional groups attached to an aromatic ring is 1. The van der Waals surface area contributed by atoms with Gasteiger partial charge < -0.3 is 15.5 Å². The first-order valence-corrected chi connectivity index (χ1v) is 7.91. The molecule has 0 aliphatic heterocycles. The topological polar surface area (TPSA) is 58.3 Å². The third kappa shape index (κ3) is 3.12. The van der Waals surface area contributed by atoms with Gasteiger partial charge in [-0.1, -0.05) is 6.92 Å². The number of likely N-dealkylation sites (N-methyl/N-ethyl adjacent to an activating group) is 2. The van der Waals surface area contributed by atoms with E-state index in [1.807, 2.05) is 6.92 Å². The van der Waals surface area contributed by atoms with Gasteiger partial charge in [0, 0.05) is 31.1 Å². The first kappa shape index (κ1) is 16.0. The van der Waals surface area contributed by atoms with Crippen LogP contribution in [0.1, 0.15) is 44.0 Å². The summed E-state index contributed by atoms with van der Waals surface area (Å²) < 4.78 is 0. The van der Waals surface area contributed by atoms with E-state index in [1.54, 1.807) is 0 Å². The van der Waals surface area contributed by atoms with Crippen LogP contribution in [0.3, 0.4) is 0 Å². The zero-order valence-corrected chi connectivity index (χ0v) is 14.1. The summed E-state index contributed by atoms with van der Waals surface area (Å²) >= 11 is 0. The fourth-order valence-electron chi connectivity index (χ4n) is 3.12. The minimum Gasteiger partial charge on any atom is -0.383 e. The normalized spacial score (nSPS) is 16.9. The Hall–Kier alpha value is -1.36. The Morgan fingerprint density at radius 2 is 1.86 bits per heavy atom. The third-order valence-corrected chi connectivity index (χ3v) is 4.80. The molecule has 1 aliphatic rings. The molecule has 0 radical (unpaired) electrons. The quantitative estimate of drug-likeness (QED) is 0.871. The maximum atomic E-state index is 6.07. The van der Waals surface area contributed by atoms with Crippen molar-refractivity contribution in [2.24, 2.45) is 0 Å². The van der Waals surface area contributed by atoms with Gasteiger partial charge in [-0.3, -0.25) is 0 Å². The van der Waals surface area contributed by atoms with Crippen molar-refractivity contribution in [3.63, 3.8) is 0 Å². The molecule has 5 nitrogen and oxygen atoms in total. The smallest absolute Gasteiger partial charge is 0.137 e. The molecule has 1 heterocycles. The Kier molecular flexibility index (Phi) is 4.71. The highest BCUT2D eigenvalue weighted by Crippen LogP contribution is 2.37. The van der Waals surface area contributed by atoms with E-state index in [0.717, 1.165) is 36.6 Å². The summed E-state index contributed by atoms with van der Waals surface area (Å²) in [7, 11) is 6.47. The minimum absolute atomic E-state index is 0.284. The lowest BCUT2D eigenvalue weighted by atomic mass is 9.75. The second-order valence-electron chi connectivity index (χ2n) is 6.55. The molecule has 21 heavy (non-hydrogen) atoms. The van der Waals surface area contributed by atoms with Crippen molar-refractivity contribution in [1.29, 1.82) is 0 Å². The summed E-state index contributed by atoms with van der Waals surface area (Å²) in [5.41, 5.74) is 7.35. The zero-order valence-electron chi connectivity index (χ0n) is 14.1. The van der Waals surface area contributed by atoms with E-state index in [0.29, 0.717) is 5.82 Å².